The van der Waals surface area contributed by atoms with Crippen molar-refractivity contribution < 1.29 is 14.3 Å². The fraction of sp³-hybridized carbons (Fsp3) is 0.360. The molecule has 0 aromatic heterocycles. The second kappa shape index (κ2) is 8.34. The molecule has 0 spiro atoms. The molecule has 0 bridgehead atoms. The molecule has 156 valence electrons. The highest BCUT2D eigenvalue weighted by atomic mass is 16.5. The van der Waals surface area contributed by atoms with Gasteiger partial charge in [-0.1, -0.05) is 44.2 Å². The Bertz CT molecular complexity index is 986. The van der Waals surface area contributed by atoms with Crippen LogP contribution in [0.2, 0.25) is 0 Å². The lowest BCUT2D eigenvalue weighted by molar-refractivity contribution is -0.120. The summed E-state index contributed by atoms with van der Waals surface area (Å²) in [6, 6.07) is 15.1. The third kappa shape index (κ3) is 3.49. The van der Waals surface area contributed by atoms with Crippen LogP contribution in [0.1, 0.15) is 50.2 Å². The zero-order valence-electron chi connectivity index (χ0n) is 17.9. The van der Waals surface area contributed by atoms with E-state index in [1.54, 1.807) is 7.11 Å². The van der Waals surface area contributed by atoms with Crippen LogP contribution in [0.4, 0.5) is 5.69 Å². The summed E-state index contributed by atoms with van der Waals surface area (Å²) in [5.41, 5.74) is 3.38. The summed E-state index contributed by atoms with van der Waals surface area (Å²) in [7, 11) is 1.59. The molecule has 0 aliphatic carbocycles. The van der Waals surface area contributed by atoms with Crippen LogP contribution in [-0.4, -0.2) is 36.9 Å². The average molecular weight is 405 g/mol. The molecule has 30 heavy (non-hydrogen) atoms. The normalized spacial score (nSPS) is 17.3. The van der Waals surface area contributed by atoms with Crippen molar-refractivity contribution in [2.75, 3.05) is 25.1 Å². The van der Waals surface area contributed by atoms with Gasteiger partial charge in [0.25, 0.3) is 11.8 Å². The number of likely N-dealkylation sites (tertiary alicyclic amines) is 1. The molecule has 2 aromatic carbocycles. The third-order valence-electron chi connectivity index (χ3n) is 5.93. The molecule has 5 heteroatoms. The van der Waals surface area contributed by atoms with E-state index >= 15 is 0 Å². The van der Waals surface area contributed by atoms with E-state index in [1.807, 2.05) is 48.5 Å². The van der Waals surface area contributed by atoms with Gasteiger partial charge in [0, 0.05) is 18.7 Å². The Morgan fingerprint density at radius 1 is 0.867 bits per heavy atom. The Labute approximate surface area is 177 Å². The molecule has 2 aromatic rings. The summed E-state index contributed by atoms with van der Waals surface area (Å²) < 4.78 is 5.53. The van der Waals surface area contributed by atoms with Gasteiger partial charge in [-0.05, 0) is 48.9 Å². The summed E-state index contributed by atoms with van der Waals surface area (Å²) in [6.45, 7) is 5.81. The monoisotopic (exact) mass is 404 g/mol. The van der Waals surface area contributed by atoms with Gasteiger partial charge in [0.2, 0.25) is 0 Å². The van der Waals surface area contributed by atoms with Crippen LogP contribution in [0, 0.1) is 0 Å². The van der Waals surface area contributed by atoms with Crippen LogP contribution in [0.25, 0.3) is 5.57 Å². The molecule has 2 heterocycles. The van der Waals surface area contributed by atoms with E-state index < -0.39 is 0 Å². The Morgan fingerprint density at radius 3 is 2.17 bits per heavy atom. The summed E-state index contributed by atoms with van der Waals surface area (Å²) in [4.78, 5) is 30.6. The number of anilines is 1. The first kappa shape index (κ1) is 20.2. The number of ether oxygens (including phenoxy) is 1. The minimum Gasteiger partial charge on any atom is -0.496 e. The second-order valence-electron chi connectivity index (χ2n) is 8.16. The molecule has 0 saturated carbocycles. The molecule has 5 nitrogen and oxygen atoms in total. The van der Waals surface area contributed by atoms with Crippen molar-refractivity contribution in [1.29, 1.82) is 0 Å². The Hall–Kier alpha value is -3.08. The number of carbonyl (C=O) groups excluding carboxylic acids is 2. The highest BCUT2D eigenvalue weighted by Crippen LogP contribution is 2.39. The van der Waals surface area contributed by atoms with E-state index in [4.69, 9.17) is 4.74 Å². The van der Waals surface area contributed by atoms with Crippen LogP contribution >= 0.6 is 0 Å². The maximum absolute atomic E-state index is 13.6. The van der Waals surface area contributed by atoms with Crippen molar-refractivity contribution in [3.8, 4) is 5.75 Å². The number of benzene rings is 2. The van der Waals surface area contributed by atoms with Gasteiger partial charge in [-0.25, -0.2) is 4.90 Å². The summed E-state index contributed by atoms with van der Waals surface area (Å²) in [5.74, 6) is 0.442. The smallest absolute Gasteiger partial charge is 0.282 e. The molecule has 2 aliphatic rings. The number of nitrogens with zero attached hydrogens (tertiary/aromatic N) is 2. The molecule has 0 unspecified atom stereocenters. The SMILES string of the molecule is COc1ccccc1C1=C(N2CCCCC2)C(=O)N(c2ccc(C(C)C)cc2)C1=O. The Balaban J connectivity index is 1.81. The summed E-state index contributed by atoms with van der Waals surface area (Å²) in [5, 5.41) is 0. The van der Waals surface area contributed by atoms with E-state index in [9.17, 15) is 9.59 Å². The summed E-state index contributed by atoms with van der Waals surface area (Å²) >= 11 is 0. The van der Waals surface area contributed by atoms with E-state index in [2.05, 4.69) is 18.7 Å². The standard InChI is InChI=1S/C25H28N2O3/c1-17(2)18-11-13-19(14-12-18)27-24(28)22(20-9-5-6-10-21(20)30-3)23(25(27)29)26-15-7-4-8-16-26/h5-6,9-14,17H,4,7-8,15-16H2,1-3H3. The number of methoxy groups -OCH3 is 1. The summed E-state index contributed by atoms with van der Waals surface area (Å²) in [6.07, 6.45) is 3.19. The topological polar surface area (TPSA) is 49.9 Å². The van der Waals surface area contributed by atoms with Gasteiger partial charge in [-0.3, -0.25) is 9.59 Å². The van der Waals surface area contributed by atoms with Crippen molar-refractivity contribution in [1.82, 2.24) is 4.90 Å². The van der Waals surface area contributed by atoms with Crippen LogP contribution in [0.15, 0.2) is 54.2 Å². The molecule has 1 fully saturated rings. The molecule has 0 atom stereocenters. The highest BCUT2D eigenvalue weighted by Gasteiger charge is 2.43. The minimum atomic E-state index is -0.289. The predicted octanol–water partition coefficient (Wildman–Crippen LogP) is 4.59. The molecular weight excluding hydrogens is 376 g/mol. The number of rotatable bonds is 5. The molecule has 1 saturated heterocycles. The molecular formula is C25H28N2O3. The van der Waals surface area contributed by atoms with Gasteiger partial charge in [-0.15, -0.1) is 0 Å². The van der Waals surface area contributed by atoms with Gasteiger partial charge >= 0.3 is 0 Å². The van der Waals surface area contributed by atoms with Crippen LogP contribution in [0.3, 0.4) is 0 Å². The zero-order chi connectivity index (χ0) is 21.3. The third-order valence-corrected chi connectivity index (χ3v) is 5.93. The first-order valence-electron chi connectivity index (χ1n) is 10.6. The largest absolute Gasteiger partial charge is 0.496 e. The lowest BCUT2D eigenvalue weighted by Gasteiger charge is -2.29. The predicted molar refractivity (Wildman–Crippen MR) is 118 cm³/mol. The van der Waals surface area contributed by atoms with Crippen molar-refractivity contribution >= 4 is 23.1 Å². The Morgan fingerprint density at radius 2 is 1.53 bits per heavy atom. The molecule has 0 N–H and O–H groups in total. The lowest BCUT2D eigenvalue weighted by atomic mass is 10.0. The number of carbonyl (C=O) groups is 2. The van der Waals surface area contributed by atoms with Crippen LogP contribution in [0.5, 0.6) is 5.75 Å². The van der Waals surface area contributed by atoms with Crippen molar-refractivity contribution in [3.63, 3.8) is 0 Å². The fourth-order valence-corrected chi connectivity index (χ4v) is 4.27. The number of piperidine rings is 1. The number of hydrogen-bond donors (Lipinski definition) is 0. The van der Waals surface area contributed by atoms with Gasteiger partial charge in [0.05, 0.1) is 18.4 Å². The fourth-order valence-electron chi connectivity index (χ4n) is 4.27. The first-order valence-corrected chi connectivity index (χ1v) is 10.6. The average Bonchev–Trinajstić information content (AvgIpc) is 3.04. The van der Waals surface area contributed by atoms with Gasteiger partial charge in [0.15, 0.2) is 0 Å². The van der Waals surface area contributed by atoms with E-state index in [-0.39, 0.29) is 11.8 Å². The first-order chi connectivity index (χ1) is 14.5. The lowest BCUT2D eigenvalue weighted by Crippen LogP contribution is -2.37. The number of para-hydroxylation sites is 1. The van der Waals surface area contributed by atoms with Crippen LogP contribution in [-0.2, 0) is 9.59 Å². The van der Waals surface area contributed by atoms with E-state index in [1.165, 1.54) is 10.5 Å². The Kier molecular flexibility index (Phi) is 5.62. The molecule has 2 amide bonds. The molecule has 2 aliphatic heterocycles. The van der Waals surface area contributed by atoms with Gasteiger partial charge < -0.3 is 9.64 Å². The van der Waals surface area contributed by atoms with Crippen molar-refractivity contribution in [2.45, 2.75) is 39.0 Å². The highest BCUT2D eigenvalue weighted by molar-refractivity contribution is 6.45. The van der Waals surface area contributed by atoms with E-state index in [0.29, 0.717) is 34.2 Å². The van der Waals surface area contributed by atoms with Crippen molar-refractivity contribution in [3.05, 3.63) is 65.4 Å². The van der Waals surface area contributed by atoms with Crippen LogP contribution < -0.4 is 9.64 Å². The van der Waals surface area contributed by atoms with Gasteiger partial charge in [0.1, 0.15) is 11.4 Å². The molecule has 4 rings (SSSR count). The molecule has 0 radical (unpaired) electrons. The second-order valence-corrected chi connectivity index (χ2v) is 8.16. The zero-order valence-corrected chi connectivity index (χ0v) is 17.9. The number of amides is 2. The maximum Gasteiger partial charge on any atom is 0.282 e. The van der Waals surface area contributed by atoms with E-state index in [0.717, 1.165) is 32.4 Å². The quantitative estimate of drug-likeness (QED) is 0.684. The van der Waals surface area contributed by atoms with Crippen molar-refractivity contribution in [2.24, 2.45) is 0 Å². The minimum absolute atomic E-state index is 0.250. The maximum atomic E-state index is 13.6. The number of hydrogen-bond acceptors (Lipinski definition) is 4. The number of imide groups is 1. The van der Waals surface area contributed by atoms with Gasteiger partial charge in [-0.2, -0.15) is 0 Å².